The minimum Gasteiger partial charge on any atom is -0.366 e. The van der Waals surface area contributed by atoms with Crippen LogP contribution in [0.25, 0.3) is 0 Å². The topological polar surface area (TPSA) is 24.4 Å². The van der Waals surface area contributed by atoms with Gasteiger partial charge in [0.15, 0.2) is 0 Å². The molecule has 0 atom stereocenters. The molecule has 0 fully saturated rings. The van der Waals surface area contributed by atoms with Gasteiger partial charge in [-0.05, 0) is 17.5 Å². The first-order valence-electron chi connectivity index (χ1n) is 6.34. The first kappa shape index (κ1) is 13.6. The summed E-state index contributed by atoms with van der Waals surface area (Å²) < 4.78 is 0. The number of fused-ring (bicyclic) bond motifs is 1. The van der Waals surface area contributed by atoms with Gasteiger partial charge in [0, 0.05) is 18.7 Å². The number of nitrogens with one attached hydrogen (secondary N) is 1. The fourth-order valence-electron chi connectivity index (χ4n) is 2.28. The van der Waals surface area contributed by atoms with Gasteiger partial charge in [0.1, 0.15) is 5.84 Å². The third kappa shape index (κ3) is 3.15. The highest BCUT2D eigenvalue weighted by molar-refractivity contribution is 6.00. The van der Waals surface area contributed by atoms with Crippen LogP contribution in [0.15, 0.2) is 59.6 Å². The van der Waals surface area contributed by atoms with Gasteiger partial charge in [-0.2, -0.15) is 0 Å². The molecule has 3 heteroatoms. The molecule has 1 N–H and O–H groups in total. The molecule has 0 amide bonds. The summed E-state index contributed by atoms with van der Waals surface area (Å²) in [4.78, 5) is 4.59. The standard InChI is InChI=1S/C16H16N2.ClH/c1-2-6-13(7-3-1)12-18-16-15-9-5-4-8-14(15)10-11-17-16;/h1-9H,10-12H2,(H,17,18);1H. The van der Waals surface area contributed by atoms with Gasteiger partial charge in [-0.25, -0.2) is 0 Å². The van der Waals surface area contributed by atoms with Crippen LogP contribution in [-0.2, 0) is 13.0 Å². The van der Waals surface area contributed by atoms with E-state index in [9.17, 15) is 0 Å². The molecule has 2 nitrogen and oxygen atoms in total. The Morgan fingerprint density at radius 1 is 0.947 bits per heavy atom. The van der Waals surface area contributed by atoms with E-state index in [-0.39, 0.29) is 12.4 Å². The maximum atomic E-state index is 4.59. The molecule has 0 saturated heterocycles. The fraction of sp³-hybridized carbons (Fsp3) is 0.188. The van der Waals surface area contributed by atoms with E-state index in [1.165, 1.54) is 16.7 Å². The molecule has 2 aromatic rings. The second kappa shape index (κ2) is 6.39. The molecule has 0 bridgehead atoms. The minimum absolute atomic E-state index is 0. The van der Waals surface area contributed by atoms with E-state index in [0.717, 1.165) is 25.3 Å². The molecule has 0 radical (unpaired) electrons. The lowest BCUT2D eigenvalue weighted by atomic mass is 10.0. The van der Waals surface area contributed by atoms with Crippen molar-refractivity contribution in [2.75, 3.05) is 6.54 Å². The SMILES string of the molecule is Cl.c1ccc(CNC2=NCCc3ccccc32)cc1. The van der Waals surface area contributed by atoms with Crippen molar-refractivity contribution in [3.05, 3.63) is 71.3 Å². The van der Waals surface area contributed by atoms with Gasteiger partial charge in [0.05, 0.1) is 0 Å². The number of aliphatic imine (C=N–C) groups is 1. The summed E-state index contributed by atoms with van der Waals surface area (Å²) in [5.41, 5.74) is 3.92. The summed E-state index contributed by atoms with van der Waals surface area (Å²) in [6.07, 6.45) is 1.05. The van der Waals surface area contributed by atoms with Crippen molar-refractivity contribution in [3.8, 4) is 0 Å². The first-order valence-corrected chi connectivity index (χ1v) is 6.34. The van der Waals surface area contributed by atoms with Crippen molar-refractivity contribution in [1.29, 1.82) is 0 Å². The molecule has 0 aromatic heterocycles. The maximum Gasteiger partial charge on any atom is 0.128 e. The van der Waals surface area contributed by atoms with Gasteiger partial charge >= 0.3 is 0 Å². The highest BCUT2D eigenvalue weighted by atomic mass is 35.5. The summed E-state index contributed by atoms with van der Waals surface area (Å²) in [5.74, 6) is 1.03. The summed E-state index contributed by atoms with van der Waals surface area (Å²) in [5, 5.41) is 3.44. The van der Waals surface area contributed by atoms with Crippen LogP contribution in [0.3, 0.4) is 0 Å². The maximum absolute atomic E-state index is 4.59. The normalized spacial score (nSPS) is 12.9. The van der Waals surface area contributed by atoms with Crippen molar-refractivity contribution in [3.63, 3.8) is 0 Å². The van der Waals surface area contributed by atoms with Gasteiger partial charge in [-0.1, -0.05) is 54.6 Å². The Balaban J connectivity index is 0.00000133. The van der Waals surface area contributed by atoms with Gasteiger partial charge in [-0.15, -0.1) is 12.4 Å². The van der Waals surface area contributed by atoms with Crippen LogP contribution in [0.1, 0.15) is 16.7 Å². The Morgan fingerprint density at radius 2 is 1.68 bits per heavy atom. The van der Waals surface area contributed by atoms with Crippen LogP contribution >= 0.6 is 12.4 Å². The number of benzene rings is 2. The smallest absolute Gasteiger partial charge is 0.128 e. The molecule has 0 spiro atoms. The van der Waals surface area contributed by atoms with Crippen LogP contribution in [0, 0.1) is 0 Å². The summed E-state index contributed by atoms with van der Waals surface area (Å²) in [7, 11) is 0. The van der Waals surface area contributed by atoms with E-state index in [1.807, 2.05) is 6.07 Å². The minimum atomic E-state index is 0. The quantitative estimate of drug-likeness (QED) is 0.892. The van der Waals surface area contributed by atoms with Gasteiger partial charge in [0.25, 0.3) is 0 Å². The Bertz CT molecular complexity index is 564. The van der Waals surface area contributed by atoms with Crippen molar-refractivity contribution in [2.45, 2.75) is 13.0 Å². The van der Waals surface area contributed by atoms with Crippen molar-refractivity contribution in [1.82, 2.24) is 5.32 Å². The van der Waals surface area contributed by atoms with Gasteiger partial charge in [-0.3, -0.25) is 4.99 Å². The largest absolute Gasteiger partial charge is 0.366 e. The Hall–Kier alpha value is -1.80. The molecule has 0 unspecified atom stereocenters. The predicted octanol–water partition coefficient (Wildman–Crippen LogP) is 3.20. The highest BCUT2D eigenvalue weighted by Gasteiger charge is 2.12. The third-order valence-electron chi connectivity index (χ3n) is 3.23. The van der Waals surface area contributed by atoms with E-state index in [2.05, 4.69) is 58.8 Å². The van der Waals surface area contributed by atoms with Gasteiger partial charge in [0.2, 0.25) is 0 Å². The summed E-state index contributed by atoms with van der Waals surface area (Å²) >= 11 is 0. The molecule has 1 aliphatic rings. The fourth-order valence-corrected chi connectivity index (χ4v) is 2.28. The molecular weight excluding hydrogens is 256 g/mol. The molecule has 1 aliphatic heterocycles. The Morgan fingerprint density at radius 3 is 2.53 bits per heavy atom. The first-order chi connectivity index (χ1) is 8.93. The number of rotatable bonds is 2. The number of nitrogens with zero attached hydrogens (tertiary/aromatic N) is 1. The van der Waals surface area contributed by atoms with Crippen LogP contribution in [0.2, 0.25) is 0 Å². The van der Waals surface area contributed by atoms with Crippen LogP contribution in [-0.4, -0.2) is 12.4 Å². The summed E-state index contributed by atoms with van der Waals surface area (Å²) in [6.45, 7) is 1.71. The van der Waals surface area contributed by atoms with Crippen LogP contribution in [0.5, 0.6) is 0 Å². The average molecular weight is 273 g/mol. The number of amidine groups is 1. The molecule has 19 heavy (non-hydrogen) atoms. The predicted molar refractivity (Wildman–Crippen MR) is 82.1 cm³/mol. The zero-order chi connectivity index (χ0) is 12.2. The second-order valence-electron chi connectivity index (χ2n) is 4.48. The van der Waals surface area contributed by atoms with E-state index >= 15 is 0 Å². The molecule has 1 heterocycles. The number of hydrogen-bond donors (Lipinski definition) is 1. The molecule has 2 aromatic carbocycles. The molecular formula is C16H17ClN2. The second-order valence-corrected chi connectivity index (χ2v) is 4.48. The summed E-state index contributed by atoms with van der Waals surface area (Å²) in [6, 6.07) is 18.9. The van der Waals surface area contributed by atoms with Gasteiger partial charge < -0.3 is 5.32 Å². The third-order valence-corrected chi connectivity index (χ3v) is 3.23. The van der Waals surface area contributed by atoms with Crippen molar-refractivity contribution < 1.29 is 0 Å². The lowest BCUT2D eigenvalue weighted by molar-refractivity contribution is 0.863. The van der Waals surface area contributed by atoms with Crippen LogP contribution in [0.4, 0.5) is 0 Å². The van der Waals surface area contributed by atoms with Crippen molar-refractivity contribution in [2.24, 2.45) is 4.99 Å². The molecule has 0 saturated carbocycles. The highest BCUT2D eigenvalue weighted by Crippen LogP contribution is 2.14. The number of hydrogen-bond acceptors (Lipinski definition) is 2. The molecule has 0 aliphatic carbocycles. The average Bonchev–Trinajstić information content (AvgIpc) is 2.46. The lowest BCUT2D eigenvalue weighted by Gasteiger charge is -2.18. The molecule has 3 rings (SSSR count). The zero-order valence-electron chi connectivity index (χ0n) is 10.7. The van der Waals surface area contributed by atoms with E-state index < -0.39 is 0 Å². The van der Waals surface area contributed by atoms with Crippen LogP contribution < -0.4 is 5.32 Å². The van der Waals surface area contributed by atoms with E-state index in [0.29, 0.717) is 0 Å². The lowest BCUT2D eigenvalue weighted by Crippen LogP contribution is -2.28. The van der Waals surface area contributed by atoms with Crippen molar-refractivity contribution >= 4 is 18.2 Å². The zero-order valence-corrected chi connectivity index (χ0v) is 11.5. The number of halogens is 1. The molecule has 98 valence electrons. The van der Waals surface area contributed by atoms with E-state index in [1.54, 1.807) is 0 Å². The van der Waals surface area contributed by atoms with E-state index in [4.69, 9.17) is 0 Å². The Labute approximate surface area is 120 Å². The monoisotopic (exact) mass is 272 g/mol. The Kier molecular flexibility index (Phi) is 4.58.